The molecule has 0 radical (unpaired) electrons. The maximum Gasteiger partial charge on any atom is 0.214 e. The van der Waals surface area contributed by atoms with E-state index in [1.807, 2.05) is 47.4 Å². The zero-order valence-electron chi connectivity index (χ0n) is 16.5. The fourth-order valence-corrected chi connectivity index (χ4v) is 4.96. The first kappa shape index (κ1) is 20.4. The highest BCUT2D eigenvalue weighted by Crippen LogP contribution is 2.20. The summed E-state index contributed by atoms with van der Waals surface area (Å²) in [6.07, 6.45) is 0.514. The van der Waals surface area contributed by atoms with Crippen molar-refractivity contribution in [3.8, 4) is 11.3 Å². The van der Waals surface area contributed by atoms with Crippen molar-refractivity contribution in [2.75, 3.05) is 36.8 Å². The molecule has 0 spiro atoms. The first-order valence-electron chi connectivity index (χ1n) is 9.88. The summed E-state index contributed by atoms with van der Waals surface area (Å²) >= 11 is 0. The minimum Gasteiger partial charge on any atom is -0.352 e. The Morgan fingerprint density at radius 2 is 1.53 bits per heavy atom. The van der Waals surface area contributed by atoms with Gasteiger partial charge in [0.2, 0.25) is 10.0 Å². The fourth-order valence-electron chi connectivity index (χ4n) is 3.48. The summed E-state index contributed by atoms with van der Waals surface area (Å²) in [4.78, 5) is 2.03. The molecule has 6 nitrogen and oxygen atoms in total. The van der Waals surface area contributed by atoms with Crippen molar-refractivity contribution in [1.82, 2.24) is 14.5 Å². The van der Waals surface area contributed by atoms with Crippen molar-refractivity contribution < 1.29 is 12.8 Å². The Kier molecular flexibility index (Phi) is 6.06. The lowest BCUT2D eigenvalue weighted by atomic mass is 10.1. The van der Waals surface area contributed by atoms with Gasteiger partial charge in [0, 0.05) is 31.7 Å². The van der Waals surface area contributed by atoms with Gasteiger partial charge >= 0.3 is 0 Å². The Bertz CT molecular complexity index is 1070. The lowest BCUT2D eigenvalue weighted by Gasteiger charge is -2.34. The highest BCUT2D eigenvalue weighted by Gasteiger charge is 2.27. The van der Waals surface area contributed by atoms with E-state index in [1.54, 1.807) is 16.4 Å². The Hall–Kier alpha value is -2.84. The van der Waals surface area contributed by atoms with Crippen LogP contribution in [0.5, 0.6) is 0 Å². The molecule has 3 aromatic rings. The molecule has 4 rings (SSSR count). The molecule has 1 saturated heterocycles. The molecular weight excluding hydrogens is 403 g/mol. The maximum atomic E-state index is 13.1. The molecule has 0 unspecified atom stereocenters. The lowest BCUT2D eigenvalue weighted by Crippen LogP contribution is -2.49. The van der Waals surface area contributed by atoms with Crippen molar-refractivity contribution in [2.45, 2.75) is 6.42 Å². The number of rotatable bonds is 6. The van der Waals surface area contributed by atoms with Gasteiger partial charge in [0.1, 0.15) is 5.82 Å². The predicted octanol–water partition coefficient (Wildman–Crippen LogP) is 2.98. The fraction of sp³-hybridized carbons (Fsp3) is 0.273. The predicted molar refractivity (Wildman–Crippen MR) is 115 cm³/mol. The largest absolute Gasteiger partial charge is 0.352 e. The van der Waals surface area contributed by atoms with Crippen LogP contribution in [0.25, 0.3) is 11.3 Å². The zero-order chi connectivity index (χ0) is 21.0. The number of aryl methyl sites for hydroxylation is 1. The van der Waals surface area contributed by atoms with Crippen LogP contribution in [-0.4, -0.2) is 54.9 Å². The van der Waals surface area contributed by atoms with Gasteiger partial charge in [-0.05, 0) is 48.4 Å². The first-order valence-corrected chi connectivity index (χ1v) is 11.5. The Labute approximate surface area is 176 Å². The summed E-state index contributed by atoms with van der Waals surface area (Å²) in [5.74, 6) is 0.533. The van der Waals surface area contributed by atoms with E-state index in [2.05, 4.69) is 10.2 Å². The van der Waals surface area contributed by atoms with Crippen LogP contribution in [0.2, 0.25) is 0 Å². The monoisotopic (exact) mass is 426 g/mol. The third kappa shape index (κ3) is 4.83. The molecule has 30 heavy (non-hydrogen) atoms. The van der Waals surface area contributed by atoms with E-state index in [1.165, 1.54) is 12.1 Å². The second kappa shape index (κ2) is 8.89. The number of aromatic nitrogens is 2. The maximum absolute atomic E-state index is 13.1. The average molecular weight is 427 g/mol. The van der Waals surface area contributed by atoms with Gasteiger partial charge in [-0.25, -0.2) is 12.8 Å². The molecule has 1 aliphatic rings. The molecule has 2 heterocycles. The van der Waals surface area contributed by atoms with Gasteiger partial charge in [-0.3, -0.25) is 0 Å². The molecule has 0 saturated carbocycles. The molecule has 1 fully saturated rings. The third-order valence-corrected chi connectivity index (χ3v) is 7.11. The van der Waals surface area contributed by atoms with E-state index < -0.39 is 10.0 Å². The Balaban J connectivity index is 1.34. The van der Waals surface area contributed by atoms with Gasteiger partial charge in [-0.1, -0.05) is 30.3 Å². The minimum atomic E-state index is -3.29. The van der Waals surface area contributed by atoms with Crippen molar-refractivity contribution in [3.63, 3.8) is 0 Å². The summed E-state index contributed by atoms with van der Waals surface area (Å²) in [6.45, 7) is 1.99. The smallest absolute Gasteiger partial charge is 0.214 e. The number of nitrogens with zero attached hydrogens (tertiary/aromatic N) is 4. The van der Waals surface area contributed by atoms with Crippen molar-refractivity contribution in [2.24, 2.45) is 0 Å². The first-order chi connectivity index (χ1) is 14.5. The van der Waals surface area contributed by atoms with Crippen molar-refractivity contribution >= 4 is 15.8 Å². The number of sulfonamides is 1. The van der Waals surface area contributed by atoms with Gasteiger partial charge < -0.3 is 4.90 Å². The summed E-state index contributed by atoms with van der Waals surface area (Å²) in [7, 11) is -3.29. The summed E-state index contributed by atoms with van der Waals surface area (Å²) in [5, 5.41) is 8.52. The molecule has 0 atom stereocenters. The van der Waals surface area contributed by atoms with E-state index >= 15 is 0 Å². The number of hydrogen-bond donors (Lipinski definition) is 0. The second-order valence-electron chi connectivity index (χ2n) is 7.22. The van der Waals surface area contributed by atoms with Crippen LogP contribution < -0.4 is 4.90 Å². The van der Waals surface area contributed by atoms with Gasteiger partial charge in [-0.2, -0.15) is 4.31 Å². The van der Waals surface area contributed by atoms with E-state index in [-0.39, 0.29) is 11.6 Å². The number of halogens is 1. The van der Waals surface area contributed by atoms with E-state index in [0.29, 0.717) is 44.1 Å². The van der Waals surface area contributed by atoms with Crippen LogP contribution in [0, 0.1) is 5.82 Å². The zero-order valence-corrected chi connectivity index (χ0v) is 17.3. The molecule has 1 aromatic heterocycles. The highest BCUT2D eigenvalue weighted by atomic mass is 32.2. The minimum absolute atomic E-state index is 0.114. The summed E-state index contributed by atoms with van der Waals surface area (Å²) < 4.78 is 40.0. The van der Waals surface area contributed by atoms with Crippen molar-refractivity contribution in [1.29, 1.82) is 0 Å². The molecule has 0 bridgehead atoms. The van der Waals surface area contributed by atoms with Crippen LogP contribution in [-0.2, 0) is 16.4 Å². The number of piperazine rings is 1. The van der Waals surface area contributed by atoms with E-state index in [9.17, 15) is 12.8 Å². The molecule has 156 valence electrons. The van der Waals surface area contributed by atoms with Crippen LogP contribution >= 0.6 is 0 Å². The van der Waals surface area contributed by atoms with Gasteiger partial charge in [0.25, 0.3) is 0 Å². The molecule has 2 aromatic carbocycles. The van der Waals surface area contributed by atoms with E-state index in [4.69, 9.17) is 0 Å². The second-order valence-corrected chi connectivity index (χ2v) is 9.31. The van der Waals surface area contributed by atoms with Crippen LogP contribution in [0.4, 0.5) is 10.2 Å². The van der Waals surface area contributed by atoms with E-state index in [0.717, 1.165) is 11.1 Å². The van der Waals surface area contributed by atoms with Crippen molar-refractivity contribution in [3.05, 3.63) is 78.1 Å². The molecular formula is C22H23FN4O2S. The van der Waals surface area contributed by atoms with Gasteiger partial charge in [-0.15, -0.1) is 10.2 Å². The molecule has 1 aliphatic heterocycles. The summed E-state index contributed by atoms with van der Waals surface area (Å²) in [6, 6.07) is 19.5. The summed E-state index contributed by atoms with van der Waals surface area (Å²) in [5.41, 5.74) is 2.49. The molecule has 0 aliphatic carbocycles. The third-order valence-electron chi connectivity index (χ3n) is 5.24. The Morgan fingerprint density at radius 3 is 2.17 bits per heavy atom. The lowest BCUT2D eigenvalue weighted by molar-refractivity contribution is 0.383. The molecule has 0 amide bonds. The highest BCUT2D eigenvalue weighted by molar-refractivity contribution is 7.89. The topological polar surface area (TPSA) is 66.4 Å². The van der Waals surface area contributed by atoms with Crippen LogP contribution in [0.3, 0.4) is 0 Å². The molecule has 0 N–H and O–H groups in total. The number of anilines is 1. The number of hydrogen-bond acceptors (Lipinski definition) is 5. The van der Waals surface area contributed by atoms with Gasteiger partial charge in [0.05, 0.1) is 11.4 Å². The quantitative estimate of drug-likeness (QED) is 0.606. The van der Waals surface area contributed by atoms with Gasteiger partial charge in [0.15, 0.2) is 5.82 Å². The SMILES string of the molecule is O=S(=O)(CCc1ccccc1)N1CCN(c2ccc(-c3ccc(F)cc3)nn2)CC1. The standard InChI is InChI=1S/C22H23FN4O2S/c23-20-8-6-19(7-9-20)21-10-11-22(25-24-21)26-13-15-27(16-14-26)30(28,29)17-12-18-4-2-1-3-5-18/h1-11H,12-17H2. The normalized spacial score (nSPS) is 15.3. The van der Waals surface area contributed by atoms with Crippen LogP contribution in [0.15, 0.2) is 66.7 Å². The molecule has 8 heteroatoms. The van der Waals surface area contributed by atoms with Crippen LogP contribution in [0.1, 0.15) is 5.56 Å². The Morgan fingerprint density at radius 1 is 0.833 bits per heavy atom. The average Bonchev–Trinajstić information content (AvgIpc) is 2.79. The number of benzene rings is 2.